The van der Waals surface area contributed by atoms with Crippen LogP contribution < -0.4 is 0 Å². The lowest BCUT2D eigenvalue weighted by Crippen LogP contribution is -2.22. The molecule has 0 saturated heterocycles. The highest BCUT2D eigenvalue weighted by molar-refractivity contribution is 5.73. The molecule has 0 saturated carbocycles. The molecule has 18 heavy (non-hydrogen) atoms. The monoisotopic (exact) mass is 260 g/mol. The molecule has 0 amide bonds. The number of hydrogen-bond donors (Lipinski definition) is 1. The van der Waals surface area contributed by atoms with Crippen LogP contribution in [0.3, 0.4) is 0 Å². The van der Waals surface area contributed by atoms with Crippen molar-refractivity contribution in [2.75, 3.05) is 6.61 Å². The van der Waals surface area contributed by atoms with Crippen molar-refractivity contribution in [3.8, 4) is 0 Å². The number of aliphatic carboxylic acids is 1. The van der Waals surface area contributed by atoms with E-state index in [4.69, 9.17) is 9.84 Å². The fraction of sp³-hybridized carbons (Fsp3) is 0.857. The van der Waals surface area contributed by atoms with Crippen LogP contribution in [0.2, 0.25) is 0 Å². The smallest absolute Gasteiger partial charge is 0.309 e. The van der Waals surface area contributed by atoms with Gasteiger partial charge in [0.15, 0.2) is 0 Å². The molecule has 0 heterocycles. The van der Waals surface area contributed by atoms with Gasteiger partial charge in [0.1, 0.15) is 0 Å². The molecule has 0 unspecified atom stereocenters. The Morgan fingerprint density at radius 3 is 1.94 bits per heavy atom. The average molecular weight is 260 g/mol. The van der Waals surface area contributed by atoms with Gasteiger partial charge in [-0.3, -0.25) is 9.59 Å². The van der Waals surface area contributed by atoms with Gasteiger partial charge in [-0.1, -0.05) is 34.1 Å². The number of carboxylic acids is 1. The zero-order chi connectivity index (χ0) is 14.8. The number of carbonyl (C=O) groups excluding carboxylic acids is 1. The maximum atomic E-state index is 10.5. The first kappa shape index (κ1) is 19.3. The summed E-state index contributed by atoms with van der Waals surface area (Å²) in [6.07, 6.45) is 2.16. The van der Waals surface area contributed by atoms with Gasteiger partial charge in [-0.25, -0.2) is 0 Å². The minimum Gasteiger partial charge on any atom is -0.481 e. The number of rotatable bonds is 6. The van der Waals surface area contributed by atoms with Crippen molar-refractivity contribution >= 4 is 11.9 Å². The first-order valence-electron chi connectivity index (χ1n) is 6.56. The molecule has 0 aliphatic carbocycles. The average Bonchev–Trinajstić information content (AvgIpc) is 2.26. The molecule has 0 atom stereocenters. The second-order valence-electron chi connectivity index (χ2n) is 5.37. The van der Waals surface area contributed by atoms with Crippen molar-refractivity contribution in [1.82, 2.24) is 0 Å². The summed E-state index contributed by atoms with van der Waals surface area (Å²) in [4.78, 5) is 20.9. The van der Waals surface area contributed by atoms with E-state index >= 15 is 0 Å². The van der Waals surface area contributed by atoms with Crippen molar-refractivity contribution in [3.05, 3.63) is 0 Å². The van der Waals surface area contributed by atoms with Gasteiger partial charge in [-0.2, -0.15) is 0 Å². The summed E-state index contributed by atoms with van der Waals surface area (Å²) < 4.78 is 4.81. The molecule has 4 nitrogen and oxygen atoms in total. The zero-order valence-electron chi connectivity index (χ0n) is 12.6. The van der Waals surface area contributed by atoms with E-state index in [1.54, 1.807) is 20.8 Å². The Morgan fingerprint density at radius 1 is 1.22 bits per heavy atom. The van der Waals surface area contributed by atoms with Crippen molar-refractivity contribution in [2.24, 2.45) is 11.3 Å². The molecule has 4 heteroatoms. The van der Waals surface area contributed by atoms with E-state index in [-0.39, 0.29) is 5.97 Å². The Labute approximate surface area is 111 Å². The lowest BCUT2D eigenvalue weighted by Gasteiger charge is -2.16. The van der Waals surface area contributed by atoms with E-state index in [1.165, 1.54) is 0 Å². The zero-order valence-corrected chi connectivity index (χ0v) is 12.6. The molecule has 0 aromatic heterocycles. The van der Waals surface area contributed by atoms with Crippen LogP contribution in [-0.2, 0) is 14.3 Å². The van der Waals surface area contributed by atoms with Crippen LogP contribution in [0.25, 0.3) is 0 Å². The predicted octanol–water partition coefficient (Wildman–Crippen LogP) is 3.49. The third-order valence-corrected chi connectivity index (χ3v) is 2.32. The second kappa shape index (κ2) is 9.92. The van der Waals surface area contributed by atoms with Gasteiger partial charge in [-0.05, 0) is 26.2 Å². The molecule has 0 aromatic carbocycles. The summed E-state index contributed by atoms with van der Waals surface area (Å²) in [7, 11) is 0. The summed E-state index contributed by atoms with van der Waals surface area (Å²) in [6, 6.07) is 0. The van der Waals surface area contributed by atoms with E-state index in [1.807, 2.05) is 20.8 Å². The molecule has 0 spiro atoms. The first-order chi connectivity index (χ1) is 8.17. The first-order valence-corrected chi connectivity index (χ1v) is 6.56. The summed E-state index contributed by atoms with van der Waals surface area (Å²) in [6.45, 7) is 11.9. The van der Waals surface area contributed by atoms with Crippen LogP contribution in [-0.4, -0.2) is 23.7 Å². The third-order valence-electron chi connectivity index (χ3n) is 2.32. The van der Waals surface area contributed by atoms with Crippen molar-refractivity contribution in [1.29, 1.82) is 0 Å². The van der Waals surface area contributed by atoms with Crippen LogP contribution in [0.5, 0.6) is 0 Å². The normalized spacial score (nSPS) is 10.6. The molecule has 0 aromatic rings. The molecule has 0 bridgehead atoms. The van der Waals surface area contributed by atoms with Crippen LogP contribution in [0.1, 0.15) is 60.8 Å². The number of ether oxygens (including phenoxy) is 1. The second-order valence-corrected chi connectivity index (χ2v) is 5.37. The molecule has 0 rings (SSSR count). The van der Waals surface area contributed by atoms with Crippen LogP contribution in [0.15, 0.2) is 0 Å². The fourth-order valence-electron chi connectivity index (χ4n) is 1.09. The summed E-state index contributed by atoms with van der Waals surface area (Å²) in [5.74, 6) is -0.367. The molecule has 108 valence electrons. The summed E-state index contributed by atoms with van der Waals surface area (Å²) >= 11 is 0. The number of esters is 1. The molecular weight excluding hydrogens is 232 g/mol. The van der Waals surface area contributed by atoms with Gasteiger partial charge >= 0.3 is 11.9 Å². The Balaban J connectivity index is 0. The lowest BCUT2D eigenvalue weighted by molar-refractivity contribution is -0.147. The molecule has 0 fully saturated rings. The van der Waals surface area contributed by atoms with E-state index < -0.39 is 11.4 Å². The maximum absolute atomic E-state index is 10.5. The quantitative estimate of drug-likeness (QED) is 0.742. The number of carbonyl (C=O) groups is 2. The van der Waals surface area contributed by atoms with E-state index in [0.29, 0.717) is 18.9 Å². The molecule has 1 N–H and O–H groups in total. The SMILES string of the molecule is CCC(=O)OCC(C)C.CCCC(C)(C)C(=O)O. The number of hydrogen-bond acceptors (Lipinski definition) is 3. The van der Waals surface area contributed by atoms with E-state index in [2.05, 4.69) is 0 Å². The minimum absolute atomic E-state index is 0.108. The van der Waals surface area contributed by atoms with Crippen LogP contribution >= 0.6 is 0 Å². The standard InChI is InChI=1S/2C7H14O2/c1-4-7(8)9-5-6(2)3;1-4-5-7(2,3)6(8)9/h6H,4-5H2,1-3H3;4-5H2,1-3H3,(H,8,9). The molecule has 0 aliphatic rings. The Bertz CT molecular complexity index is 244. The van der Waals surface area contributed by atoms with Crippen molar-refractivity contribution in [2.45, 2.75) is 60.8 Å². The molecule has 0 aliphatic heterocycles. The van der Waals surface area contributed by atoms with E-state index in [0.717, 1.165) is 12.8 Å². The predicted molar refractivity (Wildman–Crippen MR) is 72.4 cm³/mol. The molecule has 0 radical (unpaired) electrons. The van der Waals surface area contributed by atoms with Gasteiger partial charge in [0.2, 0.25) is 0 Å². The summed E-state index contributed by atoms with van der Waals surface area (Å²) in [5.41, 5.74) is -0.533. The minimum atomic E-state index is -0.704. The third kappa shape index (κ3) is 11.4. The van der Waals surface area contributed by atoms with E-state index in [9.17, 15) is 9.59 Å². The van der Waals surface area contributed by atoms with Crippen molar-refractivity contribution < 1.29 is 19.4 Å². The fourth-order valence-corrected chi connectivity index (χ4v) is 1.09. The van der Waals surface area contributed by atoms with Gasteiger partial charge in [0.25, 0.3) is 0 Å². The maximum Gasteiger partial charge on any atom is 0.309 e. The topological polar surface area (TPSA) is 63.6 Å². The summed E-state index contributed by atoms with van der Waals surface area (Å²) in [5, 5.41) is 8.57. The highest BCUT2D eigenvalue weighted by Crippen LogP contribution is 2.21. The Morgan fingerprint density at radius 2 is 1.72 bits per heavy atom. The Kier molecular flexibility index (Phi) is 10.6. The van der Waals surface area contributed by atoms with Crippen LogP contribution in [0.4, 0.5) is 0 Å². The highest BCUT2D eigenvalue weighted by atomic mass is 16.5. The van der Waals surface area contributed by atoms with Gasteiger partial charge in [-0.15, -0.1) is 0 Å². The van der Waals surface area contributed by atoms with Crippen LogP contribution in [0, 0.1) is 11.3 Å². The lowest BCUT2D eigenvalue weighted by atomic mass is 9.88. The number of carboxylic acid groups (broad SMARTS) is 1. The van der Waals surface area contributed by atoms with Gasteiger partial charge < -0.3 is 9.84 Å². The van der Waals surface area contributed by atoms with Crippen molar-refractivity contribution in [3.63, 3.8) is 0 Å². The van der Waals surface area contributed by atoms with Gasteiger partial charge in [0.05, 0.1) is 12.0 Å². The Hall–Kier alpha value is -1.06. The highest BCUT2D eigenvalue weighted by Gasteiger charge is 2.25. The largest absolute Gasteiger partial charge is 0.481 e. The molecular formula is C14H28O4. The van der Waals surface area contributed by atoms with Gasteiger partial charge in [0, 0.05) is 6.42 Å².